The van der Waals surface area contributed by atoms with E-state index in [0.29, 0.717) is 24.5 Å². The summed E-state index contributed by atoms with van der Waals surface area (Å²) < 4.78 is 0. The van der Waals surface area contributed by atoms with Gasteiger partial charge in [-0.05, 0) is 44.0 Å². The molecule has 0 spiro atoms. The van der Waals surface area contributed by atoms with Gasteiger partial charge in [-0.1, -0.05) is 0 Å². The van der Waals surface area contributed by atoms with Crippen LogP contribution >= 0.6 is 0 Å². The van der Waals surface area contributed by atoms with Crippen molar-refractivity contribution in [1.82, 2.24) is 9.88 Å². The number of aromatic amines is 1. The summed E-state index contributed by atoms with van der Waals surface area (Å²) in [5, 5.41) is 11.0. The van der Waals surface area contributed by atoms with Gasteiger partial charge in [0.05, 0.1) is 5.60 Å². The summed E-state index contributed by atoms with van der Waals surface area (Å²) in [5.41, 5.74) is 7.07. The van der Waals surface area contributed by atoms with Crippen LogP contribution in [0.3, 0.4) is 0 Å². The number of carbonyl (C=O) groups excluding carboxylic acids is 1. The first-order chi connectivity index (χ1) is 9.44. The fourth-order valence-corrected chi connectivity index (χ4v) is 2.83. The highest BCUT2D eigenvalue weighted by atomic mass is 16.3. The second-order valence-corrected chi connectivity index (χ2v) is 5.86. The minimum absolute atomic E-state index is 0.0697. The normalized spacial score (nSPS) is 23.2. The van der Waals surface area contributed by atoms with E-state index in [1.165, 1.54) is 0 Å². The number of amides is 1. The van der Waals surface area contributed by atoms with Crippen molar-refractivity contribution in [3.05, 3.63) is 30.0 Å². The lowest BCUT2D eigenvalue weighted by Gasteiger charge is -2.36. The van der Waals surface area contributed by atoms with E-state index in [1.807, 2.05) is 18.2 Å². The van der Waals surface area contributed by atoms with E-state index in [1.54, 1.807) is 17.9 Å². The molecule has 5 heteroatoms. The van der Waals surface area contributed by atoms with Gasteiger partial charge in [-0.15, -0.1) is 0 Å². The molecule has 1 aliphatic heterocycles. The lowest BCUT2D eigenvalue weighted by atomic mass is 9.95. The van der Waals surface area contributed by atoms with Crippen LogP contribution in [0.4, 0.5) is 5.69 Å². The highest BCUT2D eigenvalue weighted by molar-refractivity contribution is 5.98. The van der Waals surface area contributed by atoms with Crippen LogP contribution in [0, 0.1) is 0 Å². The zero-order valence-corrected chi connectivity index (χ0v) is 11.5. The summed E-state index contributed by atoms with van der Waals surface area (Å²) in [6.07, 6.45) is 1.56. The van der Waals surface area contributed by atoms with Crippen molar-refractivity contribution in [3.63, 3.8) is 0 Å². The Balaban J connectivity index is 1.88. The van der Waals surface area contributed by atoms with Gasteiger partial charge in [0.25, 0.3) is 5.91 Å². The predicted octanol–water partition coefficient (Wildman–Crippen LogP) is 1.74. The lowest BCUT2D eigenvalue weighted by Crippen LogP contribution is -2.48. The van der Waals surface area contributed by atoms with Gasteiger partial charge in [0.2, 0.25) is 0 Å². The fraction of sp³-hybridized carbons (Fsp3) is 0.400. The molecule has 20 heavy (non-hydrogen) atoms. The van der Waals surface area contributed by atoms with Crippen molar-refractivity contribution in [3.8, 4) is 0 Å². The zero-order valence-electron chi connectivity index (χ0n) is 11.5. The smallest absolute Gasteiger partial charge is 0.270 e. The molecule has 2 heterocycles. The van der Waals surface area contributed by atoms with Crippen LogP contribution < -0.4 is 5.73 Å². The van der Waals surface area contributed by atoms with Gasteiger partial charge >= 0.3 is 0 Å². The number of nitrogens with two attached hydrogens (primary N) is 1. The summed E-state index contributed by atoms with van der Waals surface area (Å²) >= 11 is 0. The first kappa shape index (κ1) is 13.0. The number of nitrogens with zero attached hydrogens (tertiary/aromatic N) is 1. The monoisotopic (exact) mass is 273 g/mol. The highest BCUT2D eigenvalue weighted by Crippen LogP contribution is 2.24. The van der Waals surface area contributed by atoms with Gasteiger partial charge in [0.15, 0.2) is 0 Å². The molecule has 106 valence electrons. The fourth-order valence-electron chi connectivity index (χ4n) is 2.83. The van der Waals surface area contributed by atoms with E-state index in [0.717, 1.165) is 23.7 Å². The number of rotatable bonds is 1. The summed E-state index contributed by atoms with van der Waals surface area (Å²) in [4.78, 5) is 17.3. The first-order valence-electron chi connectivity index (χ1n) is 6.84. The third-order valence-electron chi connectivity index (χ3n) is 3.84. The topological polar surface area (TPSA) is 82.3 Å². The number of β-amino-alcohol motifs (C(OH)–C–C–N with tert-alkyl or cyclic N) is 1. The molecule has 5 nitrogen and oxygen atoms in total. The molecule has 0 radical (unpaired) electrons. The average molecular weight is 273 g/mol. The number of carbonyl (C=O) groups is 1. The van der Waals surface area contributed by atoms with Crippen molar-refractivity contribution in [2.75, 3.05) is 18.8 Å². The number of aliphatic hydroxyl groups is 1. The molecule has 2 aromatic rings. The number of hydrogen-bond donors (Lipinski definition) is 3. The van der Waals surface area contributed by atoms with Gasteiger partial charge in [-0.3, -0.25) is 4.79 Å². The van der Waals surface area contributed by atoms with Gasteiger partial charge in [0.1, 0.15) is 5.69 Å². The number of aromatic nitrogens is 1. The maximum atomic E-state index is 12.5. The van der Waals surface area contributed by atoms with Crippen molar-refractivity contribution >= 4 is 22.5 Å². The Kier molecular flexibility index (Phi) is 2.94. The Morgan fingerprint density at radius 1 is 1.45 bits per heavy atom. The summed E-state index contributed by atoms with van der Waals surface area (Å²) in [5.74, 6) is -0.0697. The van der Waals surface area contributed by atoms with E-state index in [9.17, 15) is 9.90 Å². The van der Waals surface area contributed by atoms with Gasteiger partial charge < -0.3 is 20.7 Å². The summed E-state index contributed by atoms with van der Waals surface area (Å²) in [7, 11) is 0. The first-order valence-corrected chi connectivity index (χ1v) is 6.84. The molecule has 3 rings (SSSR count). The molecule has 1 fully saturated rings. The van der Waals surface area contributed by atoms with E-state index in [2.05, 4.69) is 4.98 Å². The molecule has 1 unspecified atom stereocenters. The zero-order chi connectivity index (χ0) is 14.3. The summed E-state index contributed by atoms with van der Waals surface area (Å²) in [6, 6.07) is 7.33. The standard InChI is InChI=1S/C15H19N3O2/c1-15(20)5-2-6-18(9-15)14(19)13-8-10-7-11(16)3-4-12(10)17-13/h3-4,7-8,17,20H,2,5-6,9,16H2,1H3. The number of hydrogen-bond acceptors (Lipinski definition) is 3. The van der Waals surface area contributed by atoms with Crippen LogP contribution in [0.2, 0.25) is 0 Å². The molecular weight excluding hydrogens is 254 g/mol. The van der Waals surface area contributed by atoms with Gasteiger partial charge in [-0.25, -0.2) is 0 Å². The van der Waals surface area contributed by atoms with Crippen LogP contribution in [-0.4, -0.2) is 39.6 Å². The second kappa shape index (κ2) is 4.52. The number of fused-ring (bicyclic) bond motifs is 1. The molecule has 1 aliphatic rings. The van der Waals surface area contributed by atoms with Crippen LogP contribution in [0.5, 0.6) is 0 Å². The van der Waals surface area contributed by atoms with E-state index < -0.39 is 5.60 Å². The SMILES string of the molecule is CC1(O)CCCN(C(=O)c2cc3cc(N)ccc3[nH]2)C1. The molecule has 4 N–H and O–H groups in total. The summed E-state index contributed by atoms with van der Waals surface area (Å²) in [6.45, 7) is 2.84. The quantitative estimate of drug-likeness (QED) is 0.692. The van der Waals surface area contributed by atoms with Crippen LogP contribution in [0.1, 0.15) is 30.3 Å². The van der Waals surface area contributed by atoms with Crippen molar-refractivity contribution in [2.45, 2.75) is 25.4 Å². The molecule has 1 atom stereocenters. The number of nitrogens with one attached hydrogen (secondary N) is 1. The molecule has 0 aliphatic carbocycles. The maximum absolute atomic E-state index is 12.5. The Hall–Kier alpha value is -2.01. The third kappa shape index (κ3) is 2.36. The molecule has 0 saturated carbocycles. The molecule has 1 amide bonds. The Morgan fingerprint density at radius 3 is 3.00 bits per heavy atom. The van der Waals surface area contributed by atoms with E-state index in [4.69, 9.17) is 5.73 Å². The molecule has 1 aromatic heterocycles. The largest absolute Gasteiger partial charge is 0.399 e. The number of anilines is 1. The number of H-pyrrole nitrogens is 1. The number of piperidine rings is 1. The third-order valence-corrected chi connectivity index (χ3v) is 3.84. The Bertz CT molecular complexity index is 660. The minimum atomic E-state index is -0.787. The lowest BCUT2D eigenvalue weighted by molar-refractivity contribution is -0.0109. The van der Waals surface area contributed by atoms with Gasteiger partial charge in [-0.2, -0.15) is 0 Å². The molecule has 0 bridgehead atoms. The molecule has 1 saturated heterocycles. The van der Waals surface area contributed by atoms with Crippen LogP contribution in [0.25, 0.3) is 10.9 Å². The molecule has 1 aromatic carbocycles. The Labute approximate surface area is 117 Å². The number of nitrogen functional groups attached to an aromatic ring is 1. The van der Waals surface area contributed by atoms with Gasteiger partial charge in [0, 0.05) is 29.7 Å². The van der Waals surface area contributed by atoms with Crippen molar-refractivity contribution in [1.29, 1.82) is 0 Å². The number of likely N-dealkylation sites (tertiary alicyclic amines) is 1. The maximum Gasteiger partial charge on any atom is 0.270 e. The van der Waals surface area contributed by atoms with E-state index >= 15 is 0 Å². The molecular formula is C15H19N3O2. The average Bonchev–Trinajstić information content (AvgIpc) is 2.79. The minimum Gasteiger partial charge on any atom is -0.399 e. The van der Waals surface area contributed by atoms with Crippen LogP contribution in [0.15, 0.2) is 24.3 Å². The Morgan fingerprint density at radius 2 is 2.25 bits per heavy atom. The number of benzene rings is 1. The second-order valence-electron chi connectivity index (χ2n) is 5.86. The highest BCUT2D eigenvalue weighted by Gasteiger charge is 2.31. The predicted molar refractivity (Wildman–Crippen MR) is 78.5 cm³/mol. The van der Waals surface area contributed by atoms with E-state index in [-0.39, 0.29) is 5.91 Å². The van der Waals surface area contributed by atoms with Crippen molar-refractivity contribution in [2.24, 2.45) is 0 Å². The van der Waals surface area contributed by atoms with Crippen molar-refractivity contribution < 1.29 is 9.90 Å². The van der Waals surface area contributed by atoms with Crippen LogP contribution in [-0.2, 0) is 0 Å².